The molecule has 10 heteroatoms. The summed E-state index contributed by atoms with van der Waals surface area (Å²) in [6.45, 7) is 3.79. The average molecular weight is 533 g/mol. The molecule has 1 aromatic carbocycles. The normalized spacial score (nSPS) is 33.7. The molecule has 0 radical (unpaired) electrons. The van der Waals surface area contributed by atoms with Crippen molar-refractivity contribution < 1.29 is 19.5 Å². The van der Waals surface area contributed by atoms with Gasteiger partial charge in [-0.3, -0.25) is 19.3 Å². The Morgan fingerprint density at radius 1 is 1.14 bits per heavy atom. The number of thiazole rings is 1. The van der Waals surface area contributed by atoms with E-state index in [1.807, 2.05) is 38.1 Å². The number of aromatic amines is 1. The smallest absolute Gasteiger partial charge is 0.326 e. The van der Waals surface area contributed by atoms with Crippen molar-refractivity contribution in [3.63, 3.8) is 0 Å². The highest BCUT2D eigenvalue weighted by Crippen LogP contribution is 2.68. The Morgan fingerprint density at radius 3 is 2.43 bits per heavy atom. The molecular formula is C25H25ClN2O5S2. The number of hydrogen-bond donors (Lipinski definition) is 2. The van der Waals surface area contributed by atoms with Crippen LogP contribution in [0.4, 0.5) is 0 Å². The number of carbonyl (C=O) groups excluding carboxylic acids is 2. The number of amides is 2. The van der Waals surface area contributed by atoms with Crippen LogP contribution in [0.1, 0.15) is 43.0 Å². The van der Waals surface area contributed by atoms with Gasteiger partial charge in [-0.25, -0.2) is 4.79 Å². The van der Waals surface area contributed by atoms with Crippen molar-refractivity contribution in [3.05, 3.63) is 49.4 Å². The largest absolute Gasteiger partial charge is 0.480 e. The van der Waals surface area contributed by atoms with E-state index in [1.54, 1.807) is 11.8 Å². The van der Waals surface area contributed by atoms with Gasteiger partial charge in [0.1, 0.15) is 6.04 Å². The Hall–Kier alpha value is -2.10. The third-order valence-electron chi connectivity index (χ3n) is 8.28. The highest BCUT2D eigenvalue weighted by Gasteiger charge is 2.70. The lowest BCUT2D eigenvalue weighted by Crippen LogP contribution is -2.47. The number of aliphatic carboxylic acids is 1. The Kier molecular flexibility index (Phi) is 5.47. The van der Waals surface area contributed by atoms with E-state index in [-0.39, 0.29) is 57.9 Å². The van der Waals surface area contributed by atoms with Gasteiger partial charge in [0.2, 0.25) is 11.8 Å². The van der Waals surface area contributed by atoms with Crippen molar-refractivity contribution in [2.24, 2.45) is 35.5 Å². The van der Waals surface area contributed by atoms with Crippen LogP contribution in [0.3, 0.4) is 0 Å². The first kappa shape index (κ1) is 23.3. The fraction of sp³-hybridized carbons (Fsp3) is 0.520. The van der Waals surface area contributed by atoms with E-state index in [0.29, 0.717) is 5.02 Å². The summed E-state index contributed by atoms with van der Waals surface area (Å²) in [5.74, 6) is -2.77. The quantitative estimate of drug-likeness (QED) is 0.562. The number of thioether (sulfide) groups is 1. The number of halogens is 1. The summed E-state index contributed by atoms with van der Waals surface area (Å²) < 4.78 is 0. The first-order chi connectivity index (χ1) is 16.7. The SMILES string of the molecule is CC(C)C[C@H](C(=O)O)N1C(=O)[C@@H]2[C@H]3C[C@@H]([C@@H]2C1=O)[C@@H]1[C@@H](c2ccc(Cl)cc2)c2sc(=O)[nH]c2S[C@H]31. The molecule has 184 valence electrons. The van der Waals surface area contributed by atoms with Crippen LogP contribution >= 0.6 is 34.7 Å². The maximum atomic E-state index is 13.7. The summed E-state index contributed by atoms with van der Waals surface area (Å²) in [6.07, 6.45) is 1.02. The number of aromatic nitrogens is 1. The van der Waals surface area contributed by atoms with Crippen molar-refractivity contribution in [3.8, 4) is 0 Å². The summed E-state index contributed by atoms with van der Waals surface area (Å²) >= 11 is 8.98. The maximum absolute atomic E-state index is 13.7. The van der Waals surface area contributed by atoms with Gasteiger partial charge >= 0.3 is 10.8 Å². The summed E-state index contributed by atoms with van der Waals surface area (Å²) in [5.41, 5.74) is 1.04. The number of nitrogens with one attached hydrogen (secondary N) is 1. The molecule has 6 rings (SSSR count). The van der Waals surface area contributed by atoms with Gasteiger partial charge in [0.25, 0.3) is 0 Å². The molecule has 35 heavy (non-hydrogen) atoms. The molecule has 1 aromatic heterocycles. The van der Waals surface area contributed by atoms with E-state index in [0.717, 1.165) is 26.8 Å². The molecule has 2 amide bonds. The lowest BCUT2D eigenvalue weighted by Gasteiger charge is -2.43. The molecule has 2 aliphatic heterocycles. The van der Waals surface area contributed by atoms with Gasteiger partial charge in [-0.2, -0.15) is 0 Å². The number of carboxylic acids is 1. The molecule has 2 N–H and O–H groups in total. The molecule has 1 saturated heterocycles. The third kappa shape index (κ3) is 3.38. The zero-order valence-corrected chi connectivity index (χ0v) is 21.5. The highest BCUT2D eigenvalue weighted by atomic mass is 35.5. The summed E-state index contributed by atoms with van der Waals surface area (Å²) in [6, 6.07) is 6.52. The Labute approximate surface area is 215 Å². The van der Waals surface area contributed by atoms with Gasteiger partial charge in [0, 0.05) is 21.1 Å². The Bertz CT molecular complexity index is 1290. The Balaban J connectivity index is 1.42. The summed E-state index contributed by atoms with van der Waals surface area (Å²) in [4.78, 5) is 56.6. The van der Waals surface area contributed by atoms with Crippen molar-refractivity contribution in [1.29, 1.82) is 0 Å². The maximum Gasteiger partial charge on any atom is 0.326 e. The highest BCUT2D eigenvalue weighted by molar-refractivity contribution is 8.00. The van der Waals surface area contributed by atoms with Crippen molar-refractivity contribution in [2.75, 3.05) is 0 Å². The van der Waals surface area contributed by atoms with E-state index in [1.165, 1.54) is 11.3 Å². The predicted molar refractivity (Wildman–Crippen MR) is 133 cm³/mol. The second-order valence-electron chi connectivity index (χ2n) is 10.5. The van der Waals surface area contributed by atoms with Gasteiger partial charge < -0.3 is 10.1 Å². The van der Waals surface area contributed by atoms with Gasteiger partial charge in [-0.15, -0.1) is 11.8 Å². The van der Waals surface area contributed by atoms with Crippen LogP contribution in [0.5, 0.6) is 0 Å². The number of H-pyrrole nitrogens is 1. The fourth-order valence-corrected chi connectivity index (χ4v) is 10.2. The van der Waals surface area contributed by atoms with Crippen molar-refractivity contribution in [1.82, 2.24) is 9.88 Å². The molecule has 2 aromatic rings. The monoisotopic (exact) mass is 532 g/mol. The number of fused-ring (bicyclic) bond motifs is 9. The molecule has 0 unspecified atom stereocenters. The van der Waals surface area contributed by atoms with Gasteiger partial charge in [0.15, 0.2) is 0 Å². The topological polar surface area (TPSA) is 108 Å². The first-order valence-corrected chi connectivity index (χ1v) is 14.0. The minimum atomic E-state index is -1.13. The van der Waals surface area contributed by atoms with Crippen LogP contribution < -0.4 is 4.87 Å². The molecule has 7 nitrogen and oxygen atoms in total. The lowest BCUT2D eigenvalue weighted by molar-refractivity contribution is -0.156. The van der Waals surface area contributed by atoms with Gasteiger partial charge in [-0.05, 0) is 54.2 Å². The minimum absolute atomic E-state index is 0.0266. The second kappa shape index (κ2) is 8.21. The molecule has 3 heterocycles. The Morgan fingerprint density at radius 2 is 1.80 bits per heavy atom. The molecule has 2 saturated carbocycles. The van der Waals surface area contributed by atoms with E-state index < -0.39 is 23.8 Å². The number of likely N-dealkylation sites (tertiary alicyclic amines) is 1. The molecular weight excluding hydrogens is 508 g/mol. The number of imide groups is 1. The standard InChI is InChI=1S/C25H25ClN2O5S2/c1-9(2)7-14(24(31)32)28-22(29)17-12-8-13(18(17)23(28)30)19-16(12)15(10-3-5-11(26)6-4-10)20-21(34-19)27-25(33)35-20/h3-6,9,12-19H,7-8H2,1-2H3,(H,27,33)(H,31,32)/t12-,13-,14-,15-,16-,17+,18-,19-/m1/s1. The van der Waals surface area contributed by atoms with Crippen LogP contribution in [0.15, 0.2) is 34.1 Å². The predicted octanol–water partition coefficient (Wildman–Crippen LogP) is 4.06. The average Bonchev–Trinajstić information content (AvgIpc) is 3.52. The summed E-state index contributed by atoms with van der Waals surface area (Å²) in [5, 5.41) is 11.4. The van der Waals surface area contributed by atoms with Crippen LogP contribution in [0, 0.1) is 35.5 Å². The molecule has 0 spiro atoms. The molecule has 3 fully saturated rings. The molecule has 4 aliphatic rings. The number of benzene rings is 1. The number of nitrogens with zero attached hydrogens (tertiary/aromatic N) is 1. The summed E-state index contributed by atoms with van der Waals surface area (Å²) in [7, 11) is 0. The van der Waals surface area contributed by atoms with Gasteiger partial charge in [-0.1, -0.05) is 48.9 Å². The van der Waals surface area contributed by atoms with Crippen LogP contribution in [-0.4, -0.2) is 44.1 Å². The first-order valence-electron chi connectivity index (χ1n) is 11.9. The second-order valence-corrected chi connectivity index (χ2v) is 13.2. The van der Waals surface area contributed by atoms with Crippen LogP contribution in [-0.2, 0) is 14.4 Å². The third-order valence-corrected chi connectivity index (χ3v) is 11.1. The molecule has 8 atom stereocenters. The van der Waals surface area contributed by atoms with Gasteiger partial charge in [0.05, 0.1) is 16.9 Å². The van der Waals surface area contributed by atoms with Crippen molar-refractivity contribution in [2.45, 2.75) is 48.9 Å². The van der Waals surface area contributed by atoms with Crippen LogP contribution in [0.2, 0.25) is 5.02 Å². The van der Waals surface area contributed by atoms with E-state index >= 15 is 0 Å². The zero-order chi connectivity index (χ0) is 24.8. The lowest BCUT2D eigenvalue weighted by atomic mass is 9.68. The van der Waals surface area contributed by atoms with E-state index in [9.17, 15) is 24.3 Å². The number of carboxylic acid groups (broad SMARTS) is 1. The molecule has 2 bridgehead atoms. The zero-order valence-electron chi connectivity index (χ0n) is 19.1. The van der Waals surface area contributed by atoms with Crippen molar-refractivity contribution >= 4 is 52.5 Å². The van der Waals surface area contributed by atoms with E-state index in [2.05, 4.69) is 4.98 Å². The number of carbonyl (C=O) groups is 3. The number of hydrogen-bond acceptors (Lipinski definition) is 6. The fourth-order valence-electron chi connectivity index (χ4n) is 7.15. The number of rotatable bonds is 5. The van der Waals surface area contributed by atoms with Crippen LogP contribution in [0.25, 0.3) is 0 Å². The minimum Gasteiger partial charge on any atom is -0.480 e. The van der Waals surface area contributed by atoms with E-state index in [4.69, 9.17) is 11.6 Å². The molecule has 2 aliphatic carbocycles.